The van der Waals surface area contributed by atoms with Crippen LogP contribution in [0.3, 0.4) is 0 Å². The second-order valence-corrected chi connectivity index (χ2v) is 7.57. The van der Waals surface area contributed by atoms with Gasteiger partial charge in [-0.05, 0) is 19.4 Å². The second kappa shape index (κ2) is 6.51. The fourth-order valence-electron chi connectivity index (χ4n) is 4.45. The predicted molar refractivity (Wildman–Crippen MR) is 92.1 cm³/mol. The number of aliphatic hydroxyl groups is 1. The first kappa shape index (κ1) is 18.8. The molecule has 3 aliphatic heterocycles. The summed E-state index contributed by atoms with van der Waals surface area (Å²) in [7, 11) is 3.08. The highest BCUT2D eigenvalue weighted by Crippen LogP contribution is 2.56. The lowest BCUT2D eigenvalue weighted by molar-refractivity contribution is -0.339. The van der Waals surface area contributed by atoms with Gasteiger partial charge in [-0.1, -0.05) is 30.3 Å². The molecule has 1 spiro atoms. The molecular weight excluding hydrogens is 354 g/mol. The molecule has 0 saturated carbocycles. The Morgan fingerprint density at radius 2 is 1.93 bits per heavy atom. The monoisotopic (exact) mass is 379 g/mol. The molecule has 0 aliphatic carbocycles. The molecular formula is C19H25NO7. The molecule has 6 atom stereocenters. The van der Waals surface area contributed by atoms with Crippen LogP contribution in [0.1, 0.15) is 25.5 Å². The Labute approximate surface area is 157 Å². The van der Waals surface area contributed by atoms with E-state index in [2.05, 4.69) is 0 Å². The number of benzene rings is 1. The van der Waals surface area contributed by atoms with Gasteiger partial charge in [-0.3, -0.25) is 9.63 Å². The van der Waals surface area contributed by atoms with Gasteiger partial charge in [-0.2, -0.15) is 5.06 Å². The maximum atomic E-state index is 12.9. The molecule has 148 valence electrons. The van der Waals surface area contributed by atoms with E-state index < -0.39 is 47.8 Å². The Morgan fingerprint density at radius 1 is 1.22 bits per heavy atom. The van der Waals surface area contributed by atoms with E-state index >= 15 is 0 Å². The van der Waals surface area contributed by atoms with Crippen molar-refractivity contribution in [1.29, 1.82) is 0 Å². The summed E-state index contributed by atoms with van der Waals surface area (Å²) >= 11 is 0. The summed E-state index contributed by atoms with van der Waals surface area (Å²) in [5.74, 6) is -3.63. The van der Waals surface area contributed by atoms with E-state index in [9.17, 15) is 9.90 Å². The zero-order chi connectivity index (χ0) is 19.4. The van der Waals surface area contributed by atoms with Crippen LogP contribution < -0.4 is 0 Å². The van der Waals surface area contributed by atoms with Crippen molar-refractivity contribution in [2.24, 2.45) is 5.92 Å². The number of carbonyl (C=O) groups excluding carboxylic acids is 1. The van der Waals surface area contributed by atoms with Crippen LogP contribution in [0.4, 0.5) is 0 Å². The zero-order valence-corrected chi connectivity index (χ0v) is 15.8. The number of fused-ring (bicyclic) bond motifs is 2. The minimum absolute atomic E-state index is 0.278. The van der Waals surface area contributed by atoms with Crippen molar-refractivity contribution in [2.45, 2.75) is 49.8 Å². The molecule has 0 radical (unpaired) electrons. The normalized spacial score (nSPS) is 40.4. The standard InChI is InChI=1S/C19H25NO7/c1-18(2)25-15-12(10-21)24-19(16(15)26-18)13(17(22)23-4)14(20(3)27-19)11-8-6-5-7-9-11/h5-9,12-16,21H,10H2,1-4H3/t12-,13-,14+,15-,16-,19+/m1/s1. The fourth-order valence-corrected chi connectivity index (χ4v) is 4.45. The molecule has 0 amide bonds. The summed E-state index contributed by atoms with van der Waals surface area (Å²) in [6, 6.07) is 9.11. The average Bonchev–Trinajstić information content (AvgIpc) is 3.22. The number of hydrogen-bond acceptors (Lipinski definition) is 8. The van der Waals surface area contributed by atoms with Gasteiger partial charge in [0.15, 0.2) is 5.79 Å². The highest BCUT2D eigenvalue weighted by Gasteiger charge is 2.73. The Morgan fingerprint density at radius 3 is 2.56 bits per heavy atom. The van der Waals surface area contributed by atoms with Gasteiger partial charge >= 0.3 is 5.97 Å². The third-order valence-corrected chi connectivity index (χ3v) is 5.43. The van der Waals surface area contributed by atoms with Crippen molar-refractivity contribution < 1.29 is 33.7 Å². The topological polar surface area (TPSA) is 86.7 Å². The van der Waals surface area contributed by atoms with E-state index in [0.717, 1.165) is 5.56 Å². The molecule has 0 unspecified atom stereocenters. The van der Waals surface area contributed by atoms with Gasteiger partial charge in [0, 0.05) is 7.05 Å². The van der Waals surface area contributed by atoms with Crippen LogP contribution in [0.25, 0.3) is 0 Å². The van der Waals surface area contributed by atoms with E-state index in [1.807, 2.05) is 30.3 Å². The lowest BCUT2D eigenvalue weighted by Gasteiger charge is -2.33. The van der Waals surface area contributed by atoms with E-state index in [4.69, 9.17) is 23.8 Å². The molecule has 0 bridgehead atoms. The Kier molecular flexibility index (Phi) is 4.53. The second-order valence-electron chi connectivity index (χ2n) is 7.57. The highest BCUT2D eigenvalue weighted by atomic mass is 16.9. The van der Waals surface area contributed by atoms with Crippen LogP contribution in [-0.4, -0.2) is 66.8 Å². The van der Waals surface area contributed by atoms with Crippen LogP contribution in [0.5, 0.6) is 0 Å². The molecule has 3 fully saturated rings. The van der Waals surface area contributed by atoms with Gasteiger partial charge in [0.05, 0.1) is 19.8 Å². The minimum Gasteiger partial charge on any atom is -0.469 e. The number of rotatable bonds is 3. The Balaban J connectivity index is 1.80. The number of ether oxygens (including phenoxy) is 4. The number of hydrogen-bond donors (Lipinski definition) is 1. The number of aliphatic hydroxyl groups excluding tert-OH is 1. The van der Waals surface area contributed by atoms with Gasteiger partial charge in [-0.25, -0.2) is 0 Å². The van der Waals surface area contributed by atoms with E-state index in [1.54, 1.807) is 26.0 Å². The molecule has 3 saturated heterocycles. The molecule has 8 heteroatoms. The fraction of sp³-hybridized carbons (Fsp3) is 0.632. The van der Waals surface area contributed by atoms with E-state index in [-0.39, 0.29) is 6.61 Å². The summed E-state index contributed by atoms with van der Waals surface area (Å²) < 4.78 is 23.2. The molecule has 1 aromatic carbocycles. The quantitative estimate of drug-likeness (QED) is 0.779. The summed E-state index contributed by atoms with van der Waals surface area (Å²) in [5.41, 5.74) is 0.887. The number of nitrogens with zero attached hydrogens (tertiary/aromatic N) is 1. The van der Waals surface area contributed by atoms with Gasteiger partial charge in [0.2, 0.25) is 5.79 Å². The number of carbonyl (C=O) groups is 1. The lowest BCUT2D eigenvalue weighted by Crippen LogP contribution is -2.51. The molecule has 27 heavy (non-hydrogen) atoms. The molecule has 3 heterocycles. The zero-order valence-electron chi connectivity index (χ0n) is 15.8. The molecule has 3 aliphatic rings. The Bertz CT molecular complexity index is 711. The average molecular weight is 379 g/mol. The van der Waals surface area contributed by atoms with Crippen molar-refractivity contribution >= 4 is 5.97 Å². The summed E-state index contributed by atoms with van der Waals surface area (Å²) in [5, 5.41) is 11.4. The number of esters is 1. The molecule has 4 rings (SSSR count). The summed E-state index contributed by atoms with van der Waals surface area (Å²) in [4.78, 5) is 19.0. The van der Waals surface area contributed by atoms with E-state index in [1.165, 1.54) is 7.11 Å². The van der Waals surface area contributed by atoms with Crippen LogP contribution in [0.2, 0.25) is 0 Å². The third kappa shape index (κ3) is 2.79. The van der Waals surface area contributed by atoms with Crippen LogP contribution >= 0.6 is 0 Å². The van der Waals surface area contributed by atoms with Crippen molar-refractivity contribution in [3.05, 3.63) is 35.9 Å². The van der Waals surface area contributed by atoms with Crippen molar-refractivity contribution in [1.82, 2.24) is 5.06 Å². The maximum Gasteiger partial charge on any atom is 0.316 e. The largest absolute Gasteiger partial charge is 0.469 e. The van der Waals surface area contributed by atoms with E-state index in [0.29, 0.717) is 0 Å². The Hall–Kier alpha value is -1.55. The van der Waals surface area contributed by atoms with Gasteiger partial charge in [0.1, 0.15) is 24.2 Å². The summed E-state index contributed by atoms with van der Waals surface area (Å²) in [6.07, 6.45) is -1.92. The predicted octanol–water partition coefficient (Wildman–Crippen LogP) is 1.00. The SMILES string of the molecule is COC(=O)[C@H]1[C@H](c2ccccc2)N(C)O[C@@]12O[C@H](CO)[C@H]1OC(C)(C)O[C@H]12. The van der Waals surface area contributed by atoms with Gasteiger partial charge < -0.3 is 24.1 Å². The van der Waals surface area contributed by atoms with Crippen LogP contribution in [0, 0.1) is 5.92 Å². The molecule has 1 N–H and O–H groups in total. The number of hydroxylamine groups is 2. The first-order valence-corrected chi connectivity index (χ1v) is 9.02. The molecule has 0 aromatic heterocycles. The van der Waals surface area contributed by atoms with Crippen molar-refractivity contribution in [3.8, 4) is 0 Å². The van der Waals surface area contributed by atoms with Gasteiger partial charge in [0.25, 0.3) is 0 Å². The summed E-state index contributed by atoms with van der Waals surface area (Å²) in [6.45, 7) is 3.29. The highest BCUT2D eigenvalue weighted by molar-refractivity contribution is 5.75. The van der Waals surface area contributed by atoms with Crippen LogP contribution in [0.15, 0.2) is 30.3 Å². The third-order valence-electron chi connectivity index (χ3n) is 5.43. The smallest absolute Gasteiger partial charge is 0.316 e. The molecule has 8 nitrogen and oxygen atoms in total. The van der Waals surface area contributed by atoms with Crippen molar-refractivity contribution in [3.63, 3.8) is 0 Å². The van der Waals surface area contributed by atoms with Crippen molar-refractivity contribution in [2.75, 3.05) is 20.8 Å². The first-order valence-electron chi connectivity index (χ1n) is 9.02. The first-order chi connectivity index (χ1) is 12.8. The lowest BCUT2D eigenvalue weighted by atomic mass is 9.84. The number of methoxy groups -OCH3 is 1. The molecule has 1 aromatic rings. The van der Waals surface area contributed by atoms with Crippen LogP contribution in [-0.2, 0) is 28.6 Å². The van der Waals surface area contributed by atoms with Gasteiger partial charge in [-0.15, -0.1) is 0 Å². The maximum absolute atomic E-state index is 12.9. The minimum atomic E-state index is -1.45.